The number of hydrogen-bond acceptors (Lipinski definition) is 6. The fourth-order valence-electron chi connectivity index (χ4n) is 4.18. The summed E-state index contributed by atoms with van der Waals surface area (Å²) in [4.78, 5) is 33.0. The highest BCUT2D eigenvalue weighted by atomic mass is 35.5. The number of amides is 2. The Morgan fingerprint density at radius 1 is 1.03 bits per heavy atom. The normalized spacial score (nSPS) is 19.9. The van der Waals surface area contributed by atoms with Gasteiger partial charge in [0.1, 0.15) is 5.82 Å². The van der Waals surface area contributed by atoms with Crippen molar-refractivity contribution >= 4 is 24.3 Å². The van der Waals surface area contributed by atoms with Gasteiger partial charge in [0, 0.05) is 37.9 Å². The number of carbonyl (C=O) groups is 1. The zero-order chi connectivity index (χ0) is 21.8. The molecule has 0 spiro atoms. The number of nitrogens with zero attached hydrogens (tertiary/aromatic N) is 4. The molecule has 1 aromatic carbocycles. The molecular weight excluding hydrogens is 430 g/mol. The lowest BCUT2D eigenvalue weighted by molar-refractivity contribution is 0.193. The molecule has 5 N–H and O–H groups in total. The Balaban J connectivity index is 0.00000289. The van der Waals surface area contributed by atoms with Crippen molar-refractivity contribution in [3.05, 3.63) is 52.6 Å². The number of benzene rings is 1. The van der Waals surface area contributed by atoms with E-state index in [9.17, 15) is 9.59 Å². The number of anilines is 1. The number of likely N-dealkylation sites (tertiary alicyclic amines) is 2. The number of nitrogens with two attached hydrogens (primary N) is 2. The van der Waals surface area contributed by atoms with Gasteiger partial charge in [-0.2, -0.15) is 4.98 Å². The molecule has 0 bridgehead atoms. The van der Waals surface area contributed by atoms with E-state index in [1.807, 2.05) is 24.3 Å². The molecule has 1 aromatic heterocycles. The monoisotopic (exact) mass is 461 g/mol. The fourth-order valence-corrected chi connectivity index (χ4v) is 4.18. The van der Waals surface area contributed by atoms with Gasteiger partial charge in [0.2, 0.25) is 0 Å². The summed E-state index contributed by atoms with van der Waals surface area (Å²) < 4.78 is 1.47. The third-order valence-corrected chi connectivity index (χ3v) is 6.04. The van der Waals surface area contributed by atoms with E-state index in [2.05, 4.69) is 15.2 Å². The predicted octanol–water partition coefficient (Wildman–Crippen LogP) is 1.53. The molecule has 2 saturated heterocycles. The maximum Gasteiger partial charge on any atom is 0.354 e. The molecule has 1 atom stereocenters. The summed E-state index contributed by atoms with van der Waals surface area (Å²) in [6, 6.07) is 9.58. The number of carbonyl (C=O) groups excluding carboxylic acids is 1. The second-order valence-electron chi connectivity index (χ2n) is 8.52. The van der Waals surface area contributed by atoms with Crippen LogP contribution in [0, 0.1) is 0 Å². The van der Waals surface area contributed by atoms with Crippen molar-refractivity contribution in [3.63, 3.8) is 0 Å². The van der Waals surface area contributed by atoms with Crippen LogP contribution in [-0.4, -0.2) is 63.6 Å². The summed E-state index contributed by atoms with van der Waals surface area (Å²) in [7, 11) is 0. The van der Waals surface area contributed by atoms with Crippen LogP contribution in [0.5, 0.6) is 0 Å². The van der Waals surface area contributed by atoms with Gasteiger partial charge in [-0.25, -0.2) is 9.59 Å². The quantitative estimate of drug-likeness (QED) is 0.634. The van der Waals surface area contributed by atoms with Crippen LogP contribution in [0.4, 0.5) is 10.6 Å². The van der Waals surface area contributed by atoms with Crippen molar-refractivity contribution in [1.82, 2.24) is 19.4 Å². The fraction of sp³-hybridized carbons (Fsp3) is 0.500. The summed E-state index contributed by atoms with van der Waals surface area (Å²) in [6.07, 6.45) is 5.50. The molecule has 0 radical (unpaired) electrons. The molecule has 9 nitrogen and oxygen atoms in total. The Morgan fingerprint density at radius 2 is 1.75 bits per heavy atom. The molecular formula is C22H32ClN7O2. The Labute approximate surface area is 194 Å². The molecule has 0 aliphatic carbocycles. The molecule has 2 aliphatic rings. The van der Waals surface area contributed by atoms with Crippen molar-refractivity contribution in [2.24, 2.45) is 11.5 Å². The summed E-state index contributed by atoms with van der Waals surface area (Å²) in [5.41, 5.74) is 13.4. The molecule has 2 amide bonds. The minimum atomic E-state index is -0.439. The van der Waals surface area contributed by atoms with Gasteiger partial charge in [-0.15, -0.1) is 12.4 Å². The molecule has 2 aliphatic heterocycles. The van der Waals surface area contributed by atoms with Gasteiger partial charge < -0.3 is 16.4 Å². The van der Waals surface area contributed by atoms with Gasteiger partial charge in [-0.3, -0.25) is 14.8 Å². The van der Waals surface area contributed by atoms with Crippen LogP contribution < -0.4 is 22.5 Å². The first-order valence-corrected chi connectivity index (χ1v) is 11.0. The lowest BCUT2D eigenvalue weighted by Crippen LogP contribution is -2.47. The minimum Gasteiger partial charge on any atom is -0.328 e. The smallest absolute Gasteiger partial charge is 0.328 e. The van der Waals surface area contributed by atoms with E-state index in [1.54, 1.807) is 17.2 Å². The molecule has 3 heterocycles. The van der Waals surface area contributed by atoms with E-state index in [4.69, 9.17) is 11.5 Å². The van der Waals surface area contributed by atoms with Crippen LogP contribution in [0.1, 0.15) is 31.2 Å². The summed E-state index contributed by atoms with van der Waals surface area (Å²) in [6.45, 7) is 4.09. The second kappa shape index (κ2) is 10.9. The van der Waals surface area contributed by atoms with Gasteiger partial charge >= 0.3 is 11.7 Å². The molecule has 2 fully saturated rings. The standard InChI is InChI=1S/C22H31N7O2.ClH/c23-17-7-11-27(12-8-17)14-16-3-5-19(6-4-16)29-13-9-20(26-22(29)31)25-21(30)28-10-1-2-18(24)15-28;/h3-6,9,13,17-18H,1-2,7-8,10-12,14-15,23-24H2,(H,25,26,30,31);1H/t18-;/m0./s1. The van der Waals surface area contributed by atoms with Crippen LogP contribution in [0.3, 0.4) is 0 Å². The summed E-state index contributed by atoms with van der Waals surface area (Å²) in [5.74, 6) is 0.241. The second-order valence-corrected chi connectivity index (χ2v) is 8.52. The number of aromatic nitrogens is 2. The summed E-state index contributed by atoms with van der Waals surface area (Å²) >= 11 is 0. The van der Waals surface area contributed by atoms with Gasteiger partial charge in [-0.1, -0.05) is 12.1 Å². The molecule has 0 saturated carbocycles. The average Bonchev–Trinajstić information content (AvgIpc) is 2.76. The predicted molar refractivity (Wildman–Crippen MR) is 127 cm³/mol. The van der Waals surface area contributed by atoms with Gasteiger partial charge in [0.25, 0.3) is 0 Å². The van der Waals surface area contributed by atoms with E-state index in [1.165, 1.54) is 10.1 Å². The number of nitrogens with one attached hydrogen (secondary N) is 1. The lowest BCUT2D eigenvalue weighted by Gasteiger charge is -2.30. The molecule has 32 heavy (non-hydrogen) atoms. The van der Waals surface area contributed by atoms with Crippen LogP contribution in [0.25, 0.3) is 5.69 Å². The lowest BCUT2D eigenvalue weighted by atomic mass is 10.1. The van der Waals surface area contributed by atoms with E-state index in [0.29, 0.717) is 19.1 Å². The summed E-state index contributed by atoms with van der Waals surface area (Å²) in [5, 5.41) is 2.70. The van der Waals surface area contributed by atoms with Crippen molar-refractivity contribution in [1.29, 1.82) is 0 Å². The minimum absolute atomic E-state index is 0. The van der Waals surface area contributed by atoms with Crippen molar-refractivity contribution in [2.75, 3.05) is 31.5 Å². The van der Waals surface area contributed by atoms with Crippen LogP contribution in [0.2, 0.25) is 0 Å². The Hall–Kier alpha value is -2.46. The van der Waals surface area contributed by atoms with E-state index in [0.717, 1.165) is 51.0 Å². The average molecular weight is 462 g/mol. The number of hydrogen-bond donors (Lipinski definition) is 3. The third kappa shape index (κ3) is 6.07. The van der Waals surface area contributed by atoms with E-state index >= 15 is 0 Å². The highest BCUT2D eigenvalue weighted by Gasteiger charge is 2.21. The number of halogens is 1. The molecule has 2 aromatic rings. The first kappa shape index (κ1) is 24.2. The largest absolute Gasteiger partial charge is 0.354 e. The van der Waals surface area contributed by atoms with Crippen LogP contribution in [-0.2, 0) is 6.54 Å². The SMILES string of the molecule is Cl.NC1CCN(Cc2ccc(-n3ccc(NC(=O)N4CCC[C@H](N)C4)nc3=O)cc2)CC1. The van der Waals surface area contributed by atoms with E-state index < -0.39 is 5.69 Å². The van der Waals surface area contributed by atoms with Crippen molar-refractivity contribution in [3.8, 4) is 5.69 Å². The first-order valence-electron chi connectivity index (χ1n) is 11.0. The molecule has 4 rings (SSSR count). The zero-order valence-corrected chi connectivity index (χ0v) is 19.0. The van der Waals surface area contributed by atoms with Gasteiger partial charge in [0.15, 0.2) is 0 Å². The molecule has 0 unspecified atom stereocenters. The molecule has 174 valence electrons. The molecule has 10 heteroatoms. The van der Waals surface area contributed by atoms with Crippen molar-refractivity contribution in [2.45, 2.75) is 44.3 Å². The van der Waals surface area contributed by atoms with Crippen molar-refractivity contribution < 1.29 is 4.79 Å². The Bertz CT molecular complexity index is 957. The maximum atomic E-state index is 12.5. The highest BCUT2D eigenvalue weighted by Crippen LogP contribution is 2.15. The van der Waals surface area contributed by atoms with Crippen LogP contribution >= 0.6 is 12.4 Å². The Kier molecular flexibility index (Phi) is 8.25. The number of piperidine rings is 2. The van der Waals surface area contributed by atoms with Crippen LogP contribution in [0.15, 0.2) is 41.3 Å². The maximum absolute atomic E-state index is 12.5. The van der Waals surface area contributed by atoms with Gasteiger partial charge in [0.05, 0.1) is 5.69 Å². The van der Waals surface area contributed by atoms with E-state index in [-0.39, 0.29) is 30.3 Å². The Morgan fingerprint density at radius 3 is 2.41 bits per heavy atom. The third-order valence-electron chi connectivity index (χ3n) is 6.04. The number of rotatable bonds is 4. The topological polar surface area (TPSA) is 123 Å². The first-order chi connectivity index (χ1) is 15.0. The zero-order valence-electron chi connectivity index (χ0n) is 18.2. The van der Waals surface area contributed by atoms with Gasteiger partial charge in [-0.05, 0) is 62.5 Å². The number of urea groups is 1. The highest BCUT2D eigenvalue weighted by molar-refractivity contribution is 5.88.